The van der Waals surface area contributed by atoms with E-state index in [9.17, 15) is 0 Å². The highest BCUT2D eigenvalue weighted by molar-refractivity contribution is 9.10. The Morgan fingerprint density at radius 2 is 2.15 bits per heavy atom. The quantitative estimate of drug-likeness (QED) is 0.595. The Kier molecular flexibility index (Phi) is 4.88. The molecule has 3 heterocycles. The van der Waals surface area contributed by atoms with Crippen molar-refractivity contribution < 1.29 is 0 Å². The number of pyridine rings is 1. The lowest BCUT2D eigenvalue weighted by molar-refractivity contribution is 0.348. The molecule has 1 atom stereocenters. The molecule has 4 rings (SSSR count). The molecule has 0 aliphatic carbocycles. The van der Waals surface area contributed by atoms with Crippen LogP contribution in [0.5, 0.6) is 0 Å². The summed E-state index contributed by atoms with van der Waals surface area (Å²) >= 11 is 9.96. The number of rotatable bonds is 3. The van der Waals surface area contributed by atoms with Gasteiger partial charge in [-0.05, 0) is 50.8 Å². The summed E-state index contributed by atoms with van der Waals surface area (Å²) in [5, 5.41) is 6.31. The number of aryl methyl sites for hydroxylation is 2. The summed E-state index contributed by atoms with van der Waals surface area (Å²) in [6, 6.07) is 6.10. The van der Waals surface area contributed by atoms with Gasteiger partial charge in [0.05, 0.1) is 10.5 Å². The predicted octanol–water partition coefficient (Wildman–Crippen LogP) is 4.78. The van der Waals surface area contributed by atoms with Gasteiger partial charge in [-0.2, -0.15) is 5.10 Å². The molecule has 1 aliphatic rings. The fraction of sp³-hybridized carbons (Fsp3) is 0.421. The van der Waals surface area contributed by atoms with E-state index in [1.54, 1.807) is 0 Å². The Balaban J connectivity index is 1.62. The van der Waals surface area contributed by atoms with Crippen molar-refractivity contribution in [3.05, 3.63) is 45.5 Å². The molecule has 0 saturated carbocycles. The Morgan fingerprint density at radius 3 is 2.92 bits per heavy atom. The molecule has 26 heavy (non-hydrogen) atoms. The van der Waals surface area contributed by atoms with Gasteiger partial charge >= 0.3 is 0 Å². The van der Waals surface area contributed by atoms with E-state index >= 15 is 0 Å². The van der Waals surface area contributed by atoms with E-state index in [0.29, 0.717) is 10.9 Å². The number of benzene rings is 1. The molecule has 0 spiro atoms. The number of nitrogens with zero attached hydrogens (tertiary/aromatic N) is 5. The molecule has 7 heteroatoms. The zero-order valence-corrected chi connectivity index (χ0v) is 17.3. The Morgan fingerprint density at radius 1 is 1.31 bits per heavy atom. The summed E-state index contributed by atoms with van der Waals surface area (Å²) < 4.78 is 3.02. The first-order valence-electron chi connectivity index (χ1n) is 8.88. The SMILES string of the molecule is Cc1nc(C)n(CC2CCCN(c3ccnc4c(Cl)cc(Br)cc34)C2)n1. The predicted molar refractivity (Wildman–Crippen MR) is 109 cm³/mol. The Labute approximate surface area is 166 Å². The first-order valence-corrected chi connectivity index (χ1v) is 10.0. The van der Waals surface area contributed by atoms with Crippen molar-refractivity contribution in [1.82, 2.24) is 19.7 Å². The number of hydrogen-bond donors (Lipinski definition) is 0. The minimum atomic E-state index is 0.550. The molecule has 0 amide bonds. The van der Waals surface area contributed by atoms with Gasteiger partial charge < -0.3 is 4.90 Å². The Hall–Kier alpha value is -1.66. The lowest BCUT2D eigenvalue weighted by Gasteiger charge is -2.35. The Bertz CT molecular complexity index is 954. The van der Waals surface area contributed by atoms with E-state index in [1.165, 1.54) is 18.5 Å². The fourth-order valence-corrected chi connectivity index (χ4v) is 4.71. The van der Waals surface area contributed by atoms with Gasteiger partial charge in [0.1, 0.15) is 11.6 Å². The molecule has 0 radical (unpaired) electrons. The van der Waals surface area contributed by atoms with Crippen molar-refractivity contribution in [2.45, 2.75) is 33.2 Å². The largest absolute Gasteiger partial charge is 0.371 e. The third-order valence-electron chi connectivity index (χ3n) is 4.99. The highest BCUT2D eigenvalue weighted by Gasteiger charge is 2.23. The topological polar surface area (TPSA) is 46.8 Å². The zero-order chi connectivity index (χ0) is 18.3. The molecule has 1 saturated heterocycles. The number of piperidine rings is 1. The van der Waals surface area contributed by atoms with Gasteiger partial charge in [0.2, 0.25) is 0 Å². The van der Waals surface area contributed by atoms with Crippen molar-refractivity contribution in [2.75, 3.05) is 18.0 Å². The smallest absolute Gasteiger partial charge is 0.147 e. The molecule has 0 bridgehead atoms. The van der Waals surface area contributed by atoms with Crippen LogP contribution in [-0.2, 0) is 6.54 Å². The summed E-state index contributed by atoms with van der Waals surface area (Å²) in [5.74, 6) is 2.38. The van der Waals surface area contributed by atoms with Gasteiger partial charge in [0.15, 0.2) is 0 Å². The highest BCUT2D eigenvalue weighted by Crippen LogP contribution is 2.34. The number of aromatic nitrogens is 4. The van der Waals surface area contributed by atoms with Gasteiger partial charge in [0, 0.05) is 41.4 Å². The summed E-state index contributed by atoms with van der Waals surface area (Å²) in [5.41, 5.74) is 2.06. The molecule has 0 N–H and O–H groups in total. The second kappa shape index (κ2) is 7.16. The lowest BCUT2D eigenvalue weighted by Crippen LogP contribution is -2.37. The fourth-order valence-electron chi connectivity index (χ4n) is 3.85. The van der Waals surface area contributed by atoms with Crippen molar-refractivity contribution >= 4 is 44.1 Å². The van der Waals surface area contributed by atoms with E-state index < -0.39 is 0 Å². The van der Waals surface area contributed by atoms with Gasteiger partial charge in [0.25, 0.3) is 0 Å². The maximum atomic E-state index is 6.40. The minimum Gasteiger partial charge on any atom is -0.371 e. The molecule has 136 valence electrons. The van der Waals surface area contributed by atoms with E-state index in [0.717, 1.165) is 46.7 Å². The molecule has 1 fully saturated rings. The van der Waals surface area contributed by atoms with E-state index in [1.807, 2.05) is 30.8 Å². The first kappa shape index (κ1) is 17.7. The monoisotopic (exact) mass is 433 g/mol. The van der Waals surface area contributed by atoms with Crippen LogP contribution in [0, 0.1) is 19.8 Å². The van der Waals surface area contributed by atoms with Crippen LogP contribution in [0.25, 0.3) is 10.9 Å². The van der Waals surface area contributed by atoms with E-state index in [4.69, 9.17) is 11.6 Å². The third kappa shape index (κ3) is 3.45. The van der Waals surface area contributed by atoms with Crippen molar-refractivity contribution in [1.29, 1.82) is 0 Å². The van der Waals surface area contributed by atoms with Crippen LogP contribution in [0.15, 0.2) is 28.9 Å². The van der Waals surface area contributed by atoms with Crippen LogP contribution in [-0.4, -0.2) is 32.8 Å². The zero-order valence-electron chi connectivity index (χ0n) is 14.9. The van der Waals surface area contributed by atoms with Crippen LogP contribution in [0.3, 0.4) is 0 Å². The van der Waals surface area contributed by atoms with E-state index in [-0.39, 0.29) is 0 Å². The second-order valence-electron chi connectivity index (χ2n) is 6.96. The highest BCUT2D eigenvalue weighted by atomic mass is 79.9. The van der Waals surface area contributed by atoms with Crippen molar-refractivity contribution in [3.8, 4) is 0 Å². The molecule has 1 unspecified atom stereocenters. The standard InChI is InChI=1S/C19H21BrClN5/c1-12-23-13(2)26(24-12)11-14-4-3-7-25(10-14)18-5-6-22-19-16(18)8-15(20)9-17(19)21/h5-6,8-9,14H,3-4,7,10-11H2,1-2H3. The minimum absolute atomic E-state index is 0.550. The van der Waals surface area contributed by atoms with Crippen LogP contribution in [0.4, 0.5) is 5.69 Å². The van der Waals surface area contributed by atoms with Gasteiger partial charge in [-0.3, -0.25) is 4.98 Å². The van der Waals surface area contributed by atoms with Gasteiger partial charge in [-0.25, -0.2) is 9.67 Å². The van der Waals surface area contributed by atoms with Crippen LogP contribution < -0.4 is 4.90 Å². The number of halogens is 2. The number of anilines is 1. The molecular formula is C19H21BrClN5. The van der Waals surface area contributed by atoms with Crippen LogP contribution in [0.1, 0.15) is 24.5 Å². The van der Waals surface area contributed by atoms with Crippen LogP contribution in [0.2, 0.25) is 5.02 Å². The average Bonchev–Trinajstić information content (AvgIpc) is 2.92. The van der Waals surface area contributed by atoms with Crippen molar-refractivity contribution in [2.24, 2.45) is 5.92 Å². The molecular weight excluding hydrogens is 414 g/mol. The lowest BCUT2D eigenvalue weighted by atomic mass is 9.97. The molecule has 1 aromatic carbocycles. The number of fused-ring (bicyclic) bond motifs is 1. The van der Waals surface area contributed by atoms with Crippen molar-refractivity contribution in [3.63, 3.8) is 0 Å². The molecule has 1 aliphatic heterocycles. The molecule has 5 nitrogen and oxygen atoms in total. The summed E-state index contributed by atoms with van der Waals surface area (Å²) in [4.78, 5) is 11.4. The van der Waals surface area contributed by atoms with Gasteiger partial charge in [-0.1, -0.05) is 27.5 Å². The summed E-state index contributed by atoms with van der Waals surface area (Å²) in [6.45, 7) is 6.94. The maximum absolute atomic E-state index is 6.40. The third-order valence-corrected chi connectivity index (χ3v) is 5.74. The van der Waals surface area contributed by atoms with E-state index in [2.05, 4.69) is 48.0 Å². The van der Waals surface area contributed by atoms with Crippen LogP contribution >= 0.6 is 27.5 Å². The summed E-state index contributed by atoms with van der Waals surface area (Å²) in [6.07, 6.45) is 4.23. The molecule has 2 aromatic heterocycles. The summed E-state index contributed by atoms with van der Waals surface area (Å²) in [7, 11) is 0. The average molecular weight is 435 g/mol. The number of hydrogen-bond acceptors (Lipinski definition) is 4. The normalized spacial score (nSPS) is 17.8. The second-order valence-corrected chi connectivity index (χ2v) is 8.28. The van der Waals surface area contributed by atoms with Gasteiger partial charge in [-0.15, -0.1) is 0 Å². The maximum Gasteiger partial charge on any atom is 0.147 e. The molecule has 3 aromatic rings. The first-order chi connectivity index (χ1) is 12.5.